The van der Waals surface area contributed by atoms with Crippen molar-refractivity contribution >= 4 is 15.7 Å². The Morgan fingerprint density at radius 3 is 2.25 bits per heavy atom. The number of hydrogen-bond donors (Lipinski definition) is 1. The molecule has 0 spiro atoms. The predicted octanol–water partition coefficient (Wildman–Crippen LogP) is 1.55. The van der Waals surface area contributed by atoms with E-state index in [-0.39, 0.29) is 4.90 Å². The number of rotatable bonds is 4. The molecule has 1 aromatic carbocycles. The molecule has 5 heteroatoms. The van der Waals surface area contributed by atoms with Gasteiger partial charge in [-0.05, 0) is 24.1 Å². The molecule has 1 rings (SSSR count). The van der Waals surface area contributed by atoms with Gasteiger partial charge in [0.15, 0.2) is 0 Å². The normalized spacial score (nSPS) is 12.8. The topological polar surface area (TPSA) is 72.5 Å². The number of primary sulfonamides is 1. The van der Waals surface area contributed by atoms with E-state index in [9.17, 15) is 8.42 Å². The zero-order valence-corrected chi connectivity index (χ0v) is 10.3. The summed E-state index contributed by atoms with van der Waals surface area (Å²) in [6.07, 6.45) is 1.88. The smallest absolute Gasteiger partial charge is 0.238 e. The van der Waals surface area contributed by atoms with Gasteiger partial charge in [-0.1, -0.05) is 25.5 Å². The molecular weight excluding hydrogens is 224 g/mol. The van der Waals surface area contributed by atoms with E-state index in [1.54, 1.807) is 19.2 Å². The van der Waals surface area contributed by atoms with Crippen LogP contribution in [0.25, 0.3) is 0 Å². The quantitative estimate of drug-likeness (QED) is 0.811. The van der Waals surface area contributed by atoms with Gasteiger partial charge in [-0.2, -0.15) is 0 Å². The van der Waals surface area contributed by atoms with E-state index >= 15 is 0 Å². The molecule has 1 aromatic rings. The fourth-order valence-electron chi connectivity index (χ4n) is 1.46. The third kappa shape index (κ3) is 3.15. The molecule has 0 heterocycles. The maximum Gasteiger partial charge on any atom is 0.238 e. The highest BCUT2D eigenvalue weighted by atomic mass is 32.2. The van der Waals surface area contributed by atoms with Gasteiger partial charge < -0.3 is 0 Å². The summed E-state index contributed by atoms with van der Waals surface area (Å²) in [6.45, 7) is 2.07. The molecule has 0 atom stereocenters. The van der Waals surface area contributed by atoms with E-state index in [0.717, 1.165) is 24.1 Å². The number of nitrogens with two attached hydrogens (primary N) is 1. The number of benzene rings is 1. The predicted molar refractivity (Wildman–Crippen MR) is 65.2 cm³/mol. The molecule has 0 radical (unpaired) electrons. The fourth-order valence-corrected chi connectivity index (χ4v) is 1.97. The van der Waals surface area contributed by atoms with E-state index in [4.69, 9.17) is 5.14 Å². The highest BCUT2D eigenvalue weighted by molar-refractivity contribution is 7.89. The first-order valence-electron chi connectivity index (χ1n) is 5.08. The van der Waals surface area contributed by atoms with Crippen LogP contribution in [0.4, 0.5) is 0 Å². The zero-order chi connectivity index (χ0) is 12.2. The fraction of sp³-hybridized carbons (Fsp3) is 0.364. The van der Waals surface area contributed by atoms with Crippen molar-refractivity contribution in [3.05, 3.63) is 29.8 Å². The van der Waals surface area contributed by atoms with Crippen LogP contribution in [0.3, 0.4) is 0 Å². The van der Waals surface area contributed by atoms with Crippen molar-refractivity contribution in [3.63, 3.8) is 0 Å². The Labute approximate surface area is 96.3 Å². The molecule has 0 aliphatic rings. The van der Waals surface area contributed by atoms with Gasteiger partial charge in [-0.25, -0.2) is 13.6 Å². The maximum atomic E-state index is 11.1. The van der Waals surface area contributed by atoms with E-state index in [1.165, 1.54) is 12.1 Å². The summed E-state index contributed by atoms with van der Waals surface area (Å²) in [5, 5.41) is 5.02. The molecule has 0 aliphatic carbocycles. The Kier molecular flexibility index (Phi) is 4.20. The molecule has 0 aromatic heterocycles. The van der Waals surface area contributed by atoms with Crippen molar-refractivity contribution in [2.24, 2.45) is 10.1 Å². The minimum absolute atomic E-state index is 0.128. The Bertz CT molecular complexity index is 475. The third-order valence-corrected chi connectivity index (χ3v) is 3.20. The summed E-state index contributed by atoms with van der Waals surface area (Å²) in [6, 6.07) is 6.48. The Balaban J connectivity index is 3.04. The van der Waals surface area contributed by atoms with Crippen LogP contribution >= 0.6 is 0 Å². The second-order valence-corrected chi connectivity index (χ2v) is 5.05. The van der Waals surface area contributed by atoms with E-state index in [1.807, 2.05) is 0 Å². The molecule has 0 saturated heterocycles. The van der Waals surface area contributed by atoms with Gasteiger partial charge in [0.25, 0.3) is 0 Å². The minimum atomic E-state index is -3.60. The van der Waals surface area contributed by atoms with Crippen LogP contribution in [0.5, 0.6) is 0 Å². The van der Waals surface area contributed by atoms with E-state index < -0.39 is 10.0 Å². The first kappa shape index (κ1) is 12.9. The highest BCUT2D eigenvalue weighted by Crippen LogP contribution is 2.11. The van der Waals surface area contributed by atoms with Crippen LogP contribution in [-0.4, -0.2) is 21.2 Å². The van der Waals surface area contributed by atoms with Crippen LogP contribution in [0.2, 0.25) is 0 Å². The van der Waals surface area contributed by atoms with Crippen LogP contribution in [0, 0.1) is 0 Å². The summed E-state index contributed by atoms with van der Waals surface area (Å²) in [5.74, 6) is 0. The SMILES string of the molecule is CCCC(=NC)c1ccc(S(N)(=O)=O)cc1. The molecule has 16 heavy (non-hydrogen) atoms. The third-order valence-electron chi connectivity index (χ3n) is 2.27. The number of aliphatic imine (C=N–C) groups is 1. The summed E-state index contributed by atoms with van der Waals surface area (Å²) in [4.78, 5) is 4.30. The Morgan fingerprint density at radius 2 is 1.88 bits per heavy atom. The van der Waals surface area contributed by atoms with Crippen LogP contribution in [-0.2, 0) is 10.0 Å². The lowest BCUT2D eigenvalue weighted by atomic mass is 10.1. The molecule has 4 nitrogen and oxygen atoms in total. The largest absolute Gasteiger partial charge is 0.292 e. The van der Waals surface area contributed by atoms with Crippen LogP contribution in [0.15, 0.2) is 34.2 Å². The Morgan fingerprint density at radius 1 is 1.31 bits per heavy atom. The minimum Gasteiger partial charge on any atom is -0.292 e. The van der Waals surface area contributed by atoms with Crippen molar-refractivity contribution in [3.8, 4) is 0 Å². The number of hydrogen-bond acceptors (Lipinski definition) is 3. The molecule has 0 bridgehead atoms. The summed E-state index contributed by atoms with van der Waals surface area (Å²) in [7, 11) is -1.87. The van der Waals surface area contributed by atoms with Crippen LogP contribution in [0.1, 0.15) is 25.3 Å². The molecule has 0 aliphatic heterocycles. The lowest BCUT2D eigenvalue weighted by Crippen LogP contribution is -2.12. The van der Waals surface area contributed by atoms with Crippen molar-refractivity contribution in [1.82, 2.24) is 0 Å². The van der Waals surface area contributed by atoms with Crippen molar-refractivity contribution in [1.29, 1.82) is 0 Å². The van der Waals surface area contributed by atoms with Gasteiger partial charge >= 0.3 is 0 Å². The molecule has 0 unspecified atom stereocenters. The van der Waals surface area contributed by atoms with Gasteiger partial charge in [-0.3, -0.25) is 4.99 Å². The average Bonchev–Trinajstić information content (AvgIpc) is 2.25. The molecular formula is C11H16N2O2S. The second kappa shape index (κ2) is 5.23. The van der Waals surface area contributed by atoms with Crippen molar-refractivity contribution < 1.29 is 8.42 Å². The first-order valence-corrected chi connectivity index (χ1v) is 6.62. The monoisotopic (exact) mass is 240 g/mol. The lowest BCUT2D eigenvalue weighted by molar-refractivity contribution is 0.598. The van der Waals surface area contributed by atoms with Gasteiger partial charge in [-0.15, -0.1) is 0 Å². The van der Waals surface area contributed by atoms with Gasteiger partial charge in [0.05, 0.1) is 4.90 Å². The zero-order valence-electron chi connectivity index (χ0n) is 9.47. The summed E-state index contributed by atoms with van der Waals surface area (Å²) >= 11 is 0. The Hall–Kier alpha value is -1.20. The standard InChI is InChI=1S/C11H16N2O2S/c1-3-4-11(13-2)9-5-7-10(8-6-9)16(12,14)15/h5-8H,3-4H2,1-2H3,(H2,12,14,15). The lowest BCUT2D eigenvalue weighted by Gasteiger charge is -2.05. The summed E-state index contributed by atoms with van der Waals surface area (Å²) < 4.78 is 22.1. The van der Waals surface area contributed by atoms with Crippen LogP contribution < -0.4 is 5.14 Å². The maximum absolute atomic E-state index is 11.1. The van der Waals surface area contributed by atoms with Crippen molar-refractivity contribution in [2.45, 2.75) is 24.7 Å². The number of sulfonamides is 1. The number of nitrogens with zero attached hydrogens (tertiary/aromatic N) is 1. The second-order valence-electron chi connectivity index (χ2n) is 3.49. The van der Waals surface area contributed by atoms with Gasteiger partial charge in [0, 0.05) is 12.8 Å². The van der Waals surface area contributed by atoms with Gasteiger partial charge in [0.2, 0.25) is 10.0 Å². The summed E-state index contributed by atoms with van der Waals surface area (Å²) in [5.41, 5.74) is 1.92. The average molecular weight is 240 g/mol. The highest BCUT2D eigenvalue weighted by Gasteiger charge is 2.08. The molecule has 2 N–H and O–H groups in total. The van der Waals surface area contributed by atoms with E-state index in [0.29, 0.717) is 0 Å². The van der Waals surface area contributed by atoms with E-state index in [2.05, 4.69) is 11.9 Å². The molecule has 0 fully saturated rings. The molecule has 88 valence electrons. The molecule has 0 saturated carbocycles. The van der Waals surface area contributed by atoms with Gasteiger partial charge in [0.1, 0.15) is 0 Å². The molecule has 0 amide bonds. The first-order chi connectivity index (χ1) is 7.49. The van der Waals surface area contributed by atoms with Crippen molar-refractivity contribution in [2.75, 3.05) is 7.05 Å².